The second-order valence-electron chi connectivity index (χ2n) is 10.3. The smallest absolute Gasteiger partial charge is 0.308 e. The lowest BCUT2D eigenvalue weighted by Gasteiger charge is -2.32. The summed E-state index contributed by atoms with van der Waals surface area (Å²) in [6, 6.07) is 22.9. The zero-order valence-corrected chi connectivity index (χ0v) is 24.7. The van der Waals surface area contributed by atoms with Gasteiger partial charge in [0.05, 0.1) is 24.2 Å². The Morgan fingerprint density at radius 2 is 1.84 bits per heavy atom. The molecule has 3 aromatic carbocycles. The average molecular weight is 618 g/mol. The molecule has 3 heterocycles. The van der Waals surface area contributed by atoms with Crippen LogP contribution >= 0.6 is 23.3 Å². The molecule has 0 unspecified atom stereocenters. The van der Waals surface area contributed by atoms with Crippen LogP contribution in [0, 0.1) is 23.1 Å². The zero-order valence-electron chi connectivity index (χ0n) is 23.1. The van der Waals surface area contributed by atoms with Gasteiger partial charge in [-0.05, 0) is 78.7 Å². The van der Waals surface area contributed by atoms with Crippen molar-refractivity contribution in [1.82, 2.24) is 3.97 Å². The summed E-state index contributed by atoms with van der Waals surface area (Å²) in [5.74, 6) is -0.707. The minimum Gasteiger partial charge on any atom is -0.469 e. The van der Waals surface area contributed by atoms with E-state index in [1.54, 1.807) is 18.2 Å². The molecule has 1 aliphatic heterocycles. The molecule has 1 saturated heterocycles. The van der Waals surface area contributed by atoms with E-state index >= 15 is 0 Å². The molecule has 218 valence electrons. The molecule has 0 radical (unpaired) electrons. The number of methoxy groups -OCH3 is 1. The Balaban J connectivity index is 1.51. The summed E-state index contributed by atoms with van der Waals surface area (Å²) < 4.78 is 48.2. The van der Waals surface area contributed by atoms with Gasteiger partial charge in [-0.15, -0.1) is 11.3 Å². The molecule has 1 aliphatic rings. The SMILES string of the molecule is COC(=O)C1CCN(c2cccc(-c3c(-c4ccsc4C#N)c4cc(F)ccc4n3Sc3ccc(C(F)F)cc3)c2)CC1. The first kappa shape index (κ1) is 28.9. The number of benzene rings is 3. The van der Waals surface area contributed by atoms with Crippen molar-refractivity contribution in [1.29, 1.82) is 5.26 Å². The highest BCUT2D eigenvalue weighted by molar-refractivity contribution is 7.98. The lowest BCUT2D eigenvalue weighted by atomic mass is 9.95. The largest absolute Gasteiger partial charge is 0.469 e. The van der Waals surface area contributed by atoms with E-state index in [0.29, 0.717) is 41.8 Å². The number of esters is 1. The summed E-state index contributed by atoms with van der Waals surface area (Å²) in [5, 5.41) is 12.4. The number of anilines is 1. The average Bonchev–Trinajstić information content (AvgIpc) is 3.63. The molecule has 2 aromatic heterocycles. The third kappa shape index (κ3) is 5.63. The van der Waals surface area contributed by atoms with E-state index in [1.165, 1.54) is 54.7 Å². The first-order valence-electron chi connectivity index (χ1n) is 13.7. The van der Waals surface area contributed by atoms with Gasteiger partial charge >= 0.3 is 5.97 Å². The first-order valence-corrected chi connectivity index (χ1v) is 15.3. The van der Waals surface area contributed by atoms with Crippen molar-refractivity contribution in [2.45, 2.75) is 24.2 Å². The van der Waals surface area contributed by atoms with E-state index in [2.05, 4.69) is 17.0 Å². The highest BCUT2D eigenvalue weighted by atomic mass is 32.2. The van der Waals surface area contributed by atoms with Gasteiger partial charge < -0.3 is 9.64 Å². The molecule has 0 amide bonds. The normalized spacial score (nSPS) is 13.9. The van der Waals surface area contributed by atoms with Crippen LogP contribution in [0.15, 0.2) is 83.1 Å². The van der Waals surface area contributed by atoms with E-state index in [-0.39, 0.29) is 17.5 Å². The number of rotatable bonds is 7. The first-order chi connectivity index (χ1) is 20.9. The van der Waals surface area contributed by atoms with Crippen LogP contribution in [0.1, 0.15) is 29.7 Å². The Hall–Kier alpha value is -4.20. The van der Waals surface area contributed by atoms with Crippen molar-refractivity contribution in [3.8, 4) is 28.5 Å². The molecule has 0 aliphatic carbocycles. The van der Waals surface area contributed by atoms with Crippen LogP contribution in [-0.4, -0.2) is 30.1 Å². The summed E-state index contributed by atoms with van der Waals surface area (Å²) in [6.45, 7) is 1.39. The molecule has 0 N–H and O–H groups in total. The molecule has 6 rings (SSSR count). The Labute approximate surface area is 255 Å². The van der Waals surface area contributed by atoms with Crippen LogP contribution in [0.4, 0.5) is 18.9 Å². The molecule has 0 saturated carbocycles. The Morgan fingerprint density at radius 3 is 2.53 bits per heavy atom. The van der Waals surface area contributed by atoms with Crippen LogP contribution in [-0.2, 0) is 9.53 Å². The van der Waals surface area contributed by atoms with E-state index in [1.807, 2.05) is 33.6 Å². The zero-order chi connectivity index (χ0) is 30.1. The molecular weight excluding hydrogens is 592 g/mol. The standard InChI is InChI=1S/C33H26F3N3O2S2/c1-41-33(40)21-11-14-38(15-12-21)24-4-2-3-22(17-24)31-30(26-13-16-42-29(26)19-37)27-18-23(34)7-10-28(27)39(31)43-25-8-5-20(6-9-25)32(35)36/h2-10,13,16-18,21,32H,11-12,14-15H2,1H3. The summed E-state index contributed by atoms with van der Waals surface area (Å²) >= 11 is 2.67. The van der Waals surface area contributed by atoms with Crippen LogP contribution in [0.2, 0.25) is 0 Å². The number of thiophene rings is 1. The van der Waals surface area contributed by atoms with Crippen molar-refractivity contribution < 1.29 is 22.7 Å². The van der Waals surface area contributed by atoms with Crippen molar-refractivity contribution in [3.63, 3.8) is 0 Å². The predicted octanol–water partition coefficient (Wildman–Crippen LogP) is 8.93. The van der Waals surface area contributed by atoms with E-state index in [9.17, 15) is 23.2 Å². The van der Waals surface area contributed by atoms with Gasteiger partial charge in [-0.25, -0.2) is 13.2 Å². The maximum Gasteiger partial charge on any atom is 0.308 e. The van der Waals surface area contributed by atoms with Gasteiger partial charge in [0.2, 0.25) is 0 Å². The fourth-order valence-electron chi connectivity index (χ4n) is 5.63. The number of alkyl halides is 2. The number of piperidine rings is 1. The highest BCUT2D eigenvalue weighted by Gasteiger charge is 2.27. The van der Waals surface area contributed by atoms with Crippen molar-refractivity contribution in [2.24, 2.45) is 5.92 Å². The molecular formula is C33H26F3N3O2S2. The maximum absolute atomic E-state index is 14.8. The Morgan fingerprint density at radius 1 is 1.07 bits per heavy atom. The summed E-state index contributed by atoms with van der Waals surface area (Å²) in [5.41, 5.74) is 4.70. The lowest BCUT2D eigenvalue weighted by Crippen LogP contribution is -2.36. The topological polar surface area (TPSA) is 58.3 Å². The molecule has 5 nitrogen and oxygen atoms in total. The second-order valence-corrected chi connectivity index (χ2v) is 12.2. The van der Waals surface area contributed by atoms with Gasteiger partial charge in [0.25, 0.3) is 6.43 Å². The third-order valence-electron chi connectivity index (χ3n) is 7.77. The lowest BCUT2D eigenvalue weighted by molar-refractivity contribution is -0.146. The monoisotopic (exact) mass is 617 g/mol. The fourth-order valence-corrected chi connectivity index (χ4v) is 7.33. The third-order valence-corrected chi connectivity index (χ3v) is 9.63. The molecule has 43 heavy (non-hydrogen) atoms. The number of hydrogen-bond donors (Lipinski definition) is 0. The van der Waals surface area contributed by atoms with Gasteiger partial charge in [-0.3, -0.25) is 8.77 Å². The predicted molar refractivity (Wildman–Crippen MR) is 165 cm³/mol. The van der Waals surface area contributed by atoms with E-state index in [0.717, 1.165) is 32.9 Å². The van der Waals surface area contributed by atoms with Gasteiger partial charge in [0.1, 0.15) is 16.8 Å². The number of ether oxygens (including phenoxy) is 1. The van der Waals surface area contributed by atoms with Gasteiger partial charge in [-0.2, -0.15) is 5.26 Å². The number of carbonyl (C=O) groups excluding carboxylic acids is 1. The number of nitrogens with zero attached hydrogens (tertiary/aromatic N) is 3. The quantitative estimate of drug-likeness (QED) is 0.171. The number of nitriles is 1. The van der Waals surface area contributed by atoms with E-state index in [4.69, 9.17) is 4.74 Å². The number of halogens is 3. The molecule has 10 heteroatoms. The van der Waals surface area contributed by atoms with Crippen LogP contribution in [0.25, 0.3) is 33.3 Å². The van der Waals surface area contributed by atoms with Gasteiger partial charge in [0.15, 0.2) is 0 Å². The Kier molecular flexibility index (Phi) is 8.19. The number of fused-ring (bicyclic) bond motifs is 1. The second kappa shape index (κ2) is 12.2. The number of carbonyl (C=O) groups is 1. The van der Waals surface area contributed by atoms with Gasteiger partial charge in [-0.1, -0.05) is 24.3 Å². The van der Waals surface area contributed by atoms with E-state index < -0.39 is 12.2 Å². The van der Waals surface area contributed by atoms with Crippen molar-refractivity contribution >= 4 is 45.8 Å². The van der Waals surface area contributed by atoms with Crippen LogP contribution < -0.4 is 4.90 Å². The van der Waals surface area contributed by atoms with Crippen molar-refractivity contribution in [2.75, 3.05) is 25.1 Å². The van der Waals surface area contributed by atoms with Crippen LogP contribution in [0.5, 0.6) is 0 Å². The number of aromatic nitrogens is 1. The summed E-state index contributed by atoms with van der Waals surface area (Å²) in [7, 11) is 1.41. The Bertz CT molecular complexity index is 1830. The molecule has 0 atom stereocenters. The van der Waals surface area contributed by atoms with Crippen molar-refractivity contribution in [3.05, 3.63) is 94.4 Å². The molecule has 0 spiro atoms. The molecule has 1 fully saturated rings. The minimum absolute atomic E-state index is 0.0645. The fraction of sp³-hybridized carbons (Fsp3) is 0.212. The van der Waals surface area contributed by atoms with Gasteiger partial charge in [0, 0.05) is 51.3 Å². The highest BCUT2D eigenvalue weighted by Crippen LogP contribution is 2.47. The maximum atomic E-state index is 14.8. The summed E-state index contributed by atoms with van der Waals surface area (Å²) in [6.07, 6.45) is -1.20. The summed E-state index contributed by atoms with van der Waals surface area (Å²) in [4.78, 5) is 15.5. The minimum atomic E-state index is -2.57. The molecule has 5 aromatic rings. The van der Waals surface area contributed by atoms with Crippen LogP contribution in [0.3, 0.4) is 0 Å². The molecule has 0 bridgehead atoms. The number of hydrogen-bond acceptors (Lipinski definition) is 6.